The maximum Gasteiger partial charge on any atom is 0.346 e. The third-order valence-corrected chi connectivity index (χ3v) is 7.77. The number of carbonyl (C=O) groups is 2. The number of anilines is 2. The third-order valence-electron chi connectivity index (χ3n) is 7.77. The van der Waals surface area contributed by atoms with Crippen LogP contribution in [0.25, 0.3) is 12.2 Å². The summed E-state index contributed by atoms with van der Waals surface area (Å²) in [5.41, 5.74) is 3.57. The minimum Gasteiger partial charge on any atom is -0.477 e. The zero-order valence-electron chi connectivity index (χ0n) is 27.1. The first-order valence-corrected chi connectivity index (χ1v) is 15.9. The van der Waals surface area contributed by atoms with Crippen LogP contribution in [0.2, 0.25) is 0 Å². The predicted octanol–water partition coefficient (Wildman–Crippen LogP) is 8.21. The van der Waals surface area contributed by atoms with Crippen LogP contribution in [0.15, 0.2) is 78.9 Å². The Morgan fingerprint density at radius 3 is 1.93 bits per heavy atom. The van der Waals surface area contributed by atoms with E-state index in [0.717, 1.165) is 68.4 Å². The van der Waals surface area contributed by atoms with Crippen LogP contribution < -0.4 is 9.80 Å². The number of nitrogens with zero attached hydrogens (tertiary/aromatic N) is 4. The molecule has 0 bridgehead atoms. The van der Waals surface area contributed by atoms with Gasteiger partial charge in [-0.1, -0.05) is 76.3 Å². The van der Waals surface area contributed by atoms with Crippen LogP contribution in [0, 0.1) is 22.7 Å². The van der Waals surface area contributed by atoms with Crippen LogP contribution in [0.5, 0.6) is 0 Å². The molecule has 1 atom stereocenters. The average Bonchev–Trinajstić information content (AvgIpc) is 3.05. The molecule has 46 heavy (non-hydrogen) atoms. The number of aliphatic carboxylic acids is 2. The van der Waals surface area contributed by atoms with Gasteiger partial charge in [-0.3, -0.25) is 0 Å². The van der Waals surface area contributed by atoms with Crippen LogP contribution >= 0.6 is 0 Å². The molecule has 0 heterocycles. The van der Waals surface area contributed by atoms with Gasteiger partial charge in [0.25, 0.3) is 0 Å². The summed E-state index contributed by atoms with van der Waals surface area (Å²) in [5, 5.41) is 37.7. The van der Waals surface area contributed by atoms with Crippen molar-refractivity contribution in [3.63, 3.8) is 0 Å². The lowest BCUT2D eigenvalue weighted by Crippen LogP contribution is -2.30. The molecular weight excluding hydrogens is 576 g/mol. The molecule has 0 radical (unpaired) electrons. The quantitative estimate of drug-likeness (QED) is 0.0617. The monoisotopic (exact) mass is 622 g/mol. The van der Waals surface area contributed by atoms with Crippen LogP contribution in [-0.2, 0) is 9.59 Å². The van der Waals surface area contributed by atoms with Crippen LogP contribution in [0.1, 0.15) is 81.4 Å². The molecule has 0 aliphatic heterocycles. The van der Waals surface area contributed by atoms with E-state index in [4.69, 9.17) is 0 Å². The number of carboxylic acid groups (broad SMARTS) is 2. The normalized spacial score (nSPS) is 12.0. The first-order valence-electron chi connectivity index (χ1n) is 15.9. The summed E-state index contributed by atoms with van der Waals surface area (Å²) in [6.45, 7) is 14.8. The van der Waals surface area contributed by atoms with Gasteiger partial charge in [0, 0.05) is 43.5 Å². The Bertz CT molecular complexity index is 1470. The first kappa shape index (κ1) is 37.1. The van der Waals surface area contributed by atoms with E-state index in [0.29, 0.717) is 30.8 Å². The van der Waals surface area contributed by atoms with Crippen molar-refractivity contribution >= 4 is 35.5 Å². The van der Waals surface area contributed by atoms with Crippen molar-refractivity contribution in [1.29, 1.82) is 10.5 Å². The molecule has 0 aromatic heterocycles. The zero-order chi connectivity index (χ0) is 33.9. The highest BCUT2D eigenvalue weighted by Gasteiger charge is 2.22. The predicted molar refractivity (Wildman–Crippen MR) is 187 cm³/mol. The highest BCUT2D eigenvalue weighted by molar-refractivity contribution is 5.97. The molecule has 0 saturated heterocycles. The summed E-state index contributed by atoms with van der Waals surface area (Å²) in [7, 11) is 0. The maximum atomic E-state index is 11.8. The number of carboxylic acids is 2. The van der Waals surface area contributed by atoms with Crippen molar-refractivity contribution in [2.75, 3.05) is 36.0 Å². The second-order valence-corrected chi connectivity index (χ2v) is 11.2. The number of benzene rings is 2. The van der Waals surface area contributed by atoms with E-state index in [-0.39, 0.29) is 17.1 Å². The molecule has 1 unspecified atom stereocenters. The fourth-order valence-corrected chi connectivity index (χ4v) is 5.35. The topological polar surface area (TPSA) is 129 Å². The molecule has 8 nitrogen and oxygen atoms in total. The molecule has 2 N–H and O–H groups in total. The van der Waals surface area contributed by atoms with E-state index in [9.17, 15) is 30.3 Å². The standard InChI is InChI=1S/C38H46N4O4/c1-5-9-11-12-22-42(34-17-14-29(15-18-34)23-32(26-39)37(43)44)28-31(13-10-6-2)36-25-35(41(20-7-3)21-8-4)19-16-30(36)24-33(27-40)38(45)46/h7-8,14-19,23-25,31H,3-6,9-13,20-22,28H2,1-2H3,(H,43,44)(H,45,46)/b32-23+,33-24+. The first-order chi connectivity index (χ1) is 22.2. The third kappa shape index (κ3) is 11.4. The van der Waals surface area contributed by atoms with Gasteiger partial charge in [-0.25, -0.2) is 9.59 Å². The Morgan fingerprint density at radius 1 is 0.804 bits per heavy atom. The lowest BCUT2D eigenvalue weighted by molar-refractivity contribution is -0.133. The van der Waals surface area contributed by atoms with E-state index in [2.05, 4.69) is 42.9 Å². The van der Waals surface area contributed by atoms with E-state index in [1.165, 1.54) is 12.2 Å². The van der Waals surface area contributed by atoms with Crippen molar-refractivity contribution in [1.82, 2.24) is 0 Å². The van der Waals surface area contributed by atoms with E-state index in [1.54, 1.807) is 6.07 Å². The van der Waals surface area contributed by atoms with E-state index < -0.39 is 11.9 Å². The molecule has 0 aliphatic carbocycles. The zero-order valence-corrected chi connectivity index (χ0v) is 27.1. The number of nitriles is 2. The van der Waals surface area contributed by atoms with Gasteiger partial charge >= 0.3 is 11.9 Å². The highest BCUT2D eigenvalue weighted by Crippen LogP contribution is 2.33. The molecule has 8 heteroatoms. The largest absolute Gasteiger partial charge is 0.477 e. The Hall–Kier alpha value is -5.08. The molecule has 2 aromatic rings. The average molecular weight is 623 g/mol. The number of unbranched alkanes of at least 4 members (excludes halogenated alkanes) is 4. The number of rotatable bonds is 21. The molecular formula is C38H46N4O4. The molecule has 242 valence electrons. The van der Waals surface area contributed by atoms with Gasteiger partial charge in [0.1, 0.15) is 23.3 Å². The Kier molecular flexibility index (Phi) is 16.2. The second-order valence-electron chi connectivity index (χ2n) is 11.2. The molecule has 0 aliphatic rings. The van der Waals surface area contributed by atoms with Crippen LogP contribution in [0.4, 0.5) is 11.4 Å². The smallest absolute Gasteiger partial charge is 0.346 e. The van der Waals surface area contributed by atoms with Crippen molar-refractivity contribution in [3.05, 3.63) is 95.6 Å². The molecule has 0 amide bonds. The summed E-state index contributed by atoms with van der Waals surface area (Å²) in [4.78, 5) is 27.7. The number of hydrogen-bond donors (Lipinski definition) is 2. The number of hydrogen-bond acceptors (Lipinski definition) is 6. The summed E-state index contributed by atoms with van der Waals surface area (Å²) >= 11 is 0. The Morgan fingerprint density at radius 2 is 1.39 bits per heavy atom. The van der Waals surface area contributed by atoms with Gasteiger partial charge in [0.15, 0.2) is 0 Å². The van der Waals surface area contributed by atoms with Crippen molar-refractivity contribution in [3.8, 4) is 12.1 Å². The van der Waals surface area contributed by atoms with Gasteiger partial charge < -0.3 is 20.0 Å². The minimum absolute atomic E-state index is 0.0112. The SMILES string of the molecule is C=CCN(CC=C)c1ccc(/C=C(\C#N)C(=O)O)c(C(CCCC)CN(CCCCCC)c2ccc(/C=C(\C#N)C(=O)O)cc2)c1. The van der Waals surface area contributed by atoms with Crippen LogP contribution in [0.3, 0.4) is 0 Å². The summed E-state index contributed by atoms with van der Waals surface area (Å²) in [6, 6.07) is 17.0. The summed E-state index contributed by atoms with van der Waals surface area (Å²) in [5.74, 6) is -2.52. The van der Waals surface area contributed by atoms with E-state index in [1.807, 2.05) is 54.6 Å². The van der Waals surface area contributed by atoms with Crippen LogP contribution in [-0.4, -0.2) is 48.3 Å². The van der Waals surface area contributed by atoms with Gasteiger partial charge in [-0.05, 0) is 65.9 Å². The van der Waals surface area contributed by atoms with E-state index >= 15 is 0 Å². The molecule has 0 fully saturated rings. The van der Waals surface area contributed by atoms with Crippen molar-refractivity contribution in [2.24, 2.45) is 0 Å². The fraction of sp³-hybridized carbons (Fsp3) is 0.368. The molecule has 0 saturated carbocycles. The summed E-state index contributed by atoms with van der Waals surface area (Å²) in [6.07, 6.45) is 13.6. The van der Waals surface area contributed by atoms with Gasteiger partial charge in [-0.15, -0.1) is 13.2 Å². The van der Waals surface area contributed by atoms with Gasteiger partial charge in [-0.2, -0.15) is 10.5 Å². The maximum absolute atomic E-state index is 11.8. The Labute approximate surface area is 273 Å². The molecule has 0 spiro atoms. The molecule has 2 rings (SSSR count). The fourth-order valence-electron chi connectivity index (χ4n) is 5.35. The van der Waals surface area contributed by atoms with Gasteiger partial charge in [0.05, 0.1) is 0 Å². The lowest BCUT2D eigenvalue weighted by Gasteiger charge is -2.32. The lowest BCUT2D eigenvalue weighted by atomic mass is 9.87. The Balaban J connectivity index is 2.69. The molecule has 2 aromatic carbocycles. The minimum atomic E-state index is -1.27. The van der Waals surface area contributed by atoms with Gasteiger partial charge in [0.2, 0.25) is 0 Å². The van der Waals surface area contributed by atoms with Crippen molar-refractivity contribution < 1.29 is 19.8 Å². The summed E-state index contributed by atoms with van der Waals surface area (Å²) < 4.78 is 0. The highest BCUT2D eigenvalue weighted by atomic mass is 16.4. The van der Waals surface area contributed by atoms with Crippen molar-refractivity contribution in [2.45, 2.75) is 64.7 Å². The second kappa shape index (κ2) is 20.0.